The number of carbonyl (C=O) groups is 1. The molecule has 1 aliphatic carbocycles. The van der Waals surface area contributed by atoms with Crippen LogP contribution in [0.25, 0.3) is 0 Å². The number of hydrogen-bond acceptors (Lipinski definition) is 2. The Morgan fingerprint density at radius 3 is 1.76 bits per heavy atom. The van der Waals surface area contributed by atoms with E-state index in [0.717, 1.165) is 0 Å². The Hall–Kier alpha value is -0.950. The molecule has 8 heteroatoms. The van der Waals surface area contributed by atoms with E-state index in [4.69, 9.17) is 0 Å². The van der Waals surface area contributed by atoms with Crippen molar-refractivity contribution in [1.82, 2.24) is 0 Å². The van der Waals surface area contributed by atoms with Gasteiger partial charge in [-0.05, 0) is 25.7 Å². The van der Waals surface area contributed by atoms with E-state index in [0.29, 0.717) is 25.7 Å². The van der Waals surface area contributed by atoms with Crippen LogP contribution in [-0.2, 0) is 9.53 Å². The summed E-state index contributed by atoms with van der Waals surface area (Å²) in [7, 11) is 0. The zero-order valence-electron chi connectivity index (χ0n) is 8.57. The van der Waals surface area contributed by atoms with Crippen molar-refractivity contribution in [3.8, 4) is 0 Å². The molecule has 0 aromatic carbocycles. The molecule has 0 aromatic rings. The standard InChI is InChI=1S/C9H10F6O2/c10-8(11,12)6(9(13,14)15)7(16)17-5-3-1-2-4-5/h5-6H,1-4H2. The lowest BCUT2D eigenvalue weighted by molar-refractivity contribution is -0.283. The summed E-state index contributed by atoms with van der Waals surface area (Å²) < 4.78 is 77.0. The summed E-state index contributed by atoms with van der Waals surface area (Å²) in [5.41, 5.74) is 0. The van der Waals surface area contributed by atoms with Crippen LogP contribution in [0.2, 0.25) is 0 Å². The fourth-order valence-corrected chi connectivity index (χ4v) is 1.69. The van der Waals surface area contributed by atoms with Crippen LogP contribution in [0.15, 0.2) is 0 Å². The smallest absolute Gasteiger partial charge is 0.411 e. The van der Waals surface area contributed by atoms with Gasteiger partial charge in [-0.25, -0.2) is 0 Å². The van der Waals surface area contributed by atoms with Crippen molar-refractivity contribution in [2.75, 3.05) is 0 Å². The lowest BCUT2D eigenvalue weighted by atomic mass is 10.1. The molecule has 100 valence electrons. The minimum absolute atomic E-state index is 0.314. The van der Waals surface area contributed by atoms with E-state index in [9.17, 15) is 31.1 Å². The van der Waals surface area contributed by atoms with E-state index in [-0.39, 0.29) is 0 Å². The van der Waals surface area contributed by atoms with Gasteiger partial charge in [0.15, 0.2) is 0 Å². The molecule has 0 unspecified atom stereocenters. The second-order valence-electron chi connectivity index (χ2n) is 3.86. The molecule has 0 N–H and O–H groups in total. The monoisotopic (exact) mass is 264 g/mol. The molecular weight excluding hydrogens is 254 g/mol. The molecule has 1 aliphatic rings. The summed E-state index contributed by atoms with van der Waals surface area (Å²) in [6.45, 7) is 0. The molecule has 0 heterocycles. The van der Waals surface area contributed by atoms with Crippen molar-refractivity contribution in [3.05, 3.63) is 0 Å². The third kappa shape index (κ3) is 3.78. The SMILES string of the molecule is O=C(OC1CCCC1)C(C(F)(F)F)C(F)(F)F. The van der Waals surface area contributed by atoms with Crippen molar-refractivity contribution in [1.29, 1.82) is 0 Å². The fourth-order valence-electron chi connectivity index (χ4n) is 1.69. The maximum Gasteiger partial charge on any atom is 0.411 e. The largest absolute Gasteiger partial charge is 0.462 e. The van der Waals surface area contributed by atoms with Gasteiger partial charge in [0.1, 0.15) is 6.10 Å². The summed E-state index contributed by atoms with van der Waals surface area (Å²) in [6.07, 6.45) is -10.3. The molecule has 0 aromatic heterocycles. The molecule has 0 saturated heterocycles. The maximum absolute atomic E-state index is 12.1. The predicted molar refractivity (Wildman–Crippen MR) is 43.9 cm³/mol. The molecule has 0 amide bonds. The summed E-state index contributed by atoms with van der Waals surface area (Å²) in [5.74, 6) is -6.30. The number of ether oxygens (including phenoxy) is 1. The molecule has 0 atom stereocenters. The molecule has 17 heavy (non-hydrogen) atoms. The Labute approximate surface area is 92.9 Å². The lowest BCUT2D eigenvalue weighted by Gasteiger charge is -2.23. The maximum atomic E-state index is 12.1. The summed E-state index contributed by atoms with van der Waals surface area (Å²) in [5, 5.41) is 0. The first kappa shape index (κ1) is 14.1. The topological polar surface area (TPSA) is 26.3 Å². The van der Waals surface area contributed by atoms with E-state index < -0.39 is 30.3 Å². The molecule has 0 radical (unpaired) electrons. The van der Waals surface area contributed by atoms with Crippen LogP contribution in [0.5, 0.6) is 0 Å². The van der Waals surface area contributed by atoms with Crippen molar-refractivity contribution in [2.24, 2.45) is 5.92 Å². The van der Waals surface area contributed by atoms with Crippen LogP contribution in [0.4, 0.5) is 26.3 Å². The summed E-state index contributed by atoms with van der Waals surface area (Å²) >= 11 is 0. The number of hydrogen-bond donors (Lipinski definition) is 0. The Bertz CT molecular complexity index is 262. The number of carbonyl (C=O) groups excluding carboxylic acids is 1. The Balaban J connectivity index is 2.73. The molecular formula is C9H10F6O2. The first-order valence-electron chi connectivity index (χ1n) is 4.96. The minimum Gasteiger partial charge on any atom is -0.462 e. The second-order valence-corrected chi connectivity index (χ2v) is 3.86. The van der Waals surface area contributed by atoms with Crippen LogP contribution in [0.1, 0.15) is 25.7 Å². The van der Waals surface area contributed by atoms with Crippen LogP contribution in [0, 0.1) is 5.92 Å². The average molecular weight is 264 g/mol. The third-order valence-electron chi connectivity index (χ3n) is 2.48. The Kier molecular flexibility index (Phi) is 3.93. The highest BCUT2D eigenvalue weighted by atomic mass is 19.4. The van der Waals surface area contributed by atoms with Gasteiger partial charge in [-0.1, -0.05) is 0 Å². The number of esters is 1. The third-order valence-corrected chi connectivity index (χ3v) is 2.48. The molecule has 1 saturated carbocycles. The zero-order chi connectivity index (χ0) is 13.3. The minimum atomic E-state index is -5.67. The van der Waals surface area contributed by atoms with Crippen LogP contribution < -0.4 is 0 Å². The second kappa shape index (κ2) is 4.73. The predicted octanol–water partition coefficient (Wildman–Crippen LogP) is 3.21. The van der Waals surface area contributed by atoms with Gasteiger partial charge in [0, 0.05) is 0 Å². The quantitative estimate of drug-likeness (QED) is 0.565. The van der Waals surface area contributed by atoms with Crippen molar-refractivity contribution < 1.29 is 35.9 Å². The fraction of sp³-hybridized carbons (Fsp3) is 0.889. The van der Waals surface area contributed by atoms with E-state index >= 15 is 0 Å². The number of rotatable bonds is 2. The molecule has 1 fully saturated rings. The summed E-state index contributed by atoms with van der Waals surface area (Å²) in [4.78, 5) is 10.9. The summed E-state index contributed by atoms with van der Waals surface area (Å²) in [6, 6.07) is 0. The van der Waals surface area contributed by atoms with Crippen molar-refractivity contribution in [3.63, 3.8) is 0 Å². The van der Waals surface area contributed by atoms with Crippen molar-refractivity contribution in [2.45, 2.75) is 44.1 Å². The van der Waals surface area contributed by atoms with Gasteiger partial charge in [0.05, 0.1) is 0 Å². The van der Waals surface area contributed by atoms with Gasteiger partial charge in [-0.15, -0.1) is 0 Å². The van der Waals surface area contributed by atoms with Gasteiger partial charge < -0.3 is 4.74 Å². The average Bonchev–Trinajstić information content (AvgIpc) is 2.49. The molecule has 0 spiro atoms. The van der Waals surface area contributed by atoms with E-state index in [1.807, 2.05) is 0 Å². The highest BCUT2D eigenvalue weighted by Gasteiger charge is 2.62. The Morgan fingerprint density at radius 2 is 1.41 bits per heavy atom. The Morgan fingerprint density at radius 1 is 1.00 bits per heavy atom. The van der Waals surface area contributed by atoms with Gasteiger partial charge in [0.2, 0.25) is 5.92 Å². The first-order valence-corrected chi connectivity index (χ1v) is 4.96. The molecule has 2 nitrogen and oxygen atoms in total. The molecule has 1 rings (SSSR count). The normalized spacial score (nSPS) is 18.8. The van der Waals surface area contributed by atoms with Crippen molar-refractivity contribution >= 4 is 5.97 Å². The molecule has 0 aliphatic heterocycles. The van der Waals surface area contributed by atoms with E-state index in [2.05, 4.69) is 4.74 Å². The van der Waals surface area contributed by atoms with Crippen LogP contribution in [-0.4, -0.2) is 24.4 Å². The number of alkyl halides is 6. The highest BCUT2D eigenvalue weighted by molar-refractivity contribution is 5.74. The van der Waals surface area contributed by atoms with Crippen LogP contribution >= 0.6 is 0 Å². The lowest BCUT2D eigenvalue weighted by Crippen LogP contribution is -2.44. The highest BCUT2D eigenvalue weighted by Crippen LogP contribution is 2.40. The number of halogens is 6. The first-order chi connectivity index (χ1) is 7.62. The molecule has 0 bridgehead atoms. The van der Waals surface area contributed by atoms with Gasteiger partial charge in [-0.2, -0.15) is 26.3 Å². The van der Waals surface area contributed by atoms with Gasteiger partial charge in [-0.3, -0.25) is 4.79 Å². The zero-order valence-corrected chi connectivity index (χ0v) is 8.57. The van der Waals surface area contributed by atoms with E-state index in [1.165, 1.54) is 0 Å². The van der Waals surface area contributed by atoms with Crippen LogP contribution in [0.3, 0.4) is 0 Å². The van der Waals surface area contributed by atoms with Gasteiger partial charge in [0.25, 0.3) is 0 Å². The van der Waals surface area contributed by atoms with E-state index in [1.54, 1.807) is 0 Å². The van der Waals surface area contributed by atoms with Gasteiger partial charge >= 0.3 is 18.3 Å².